The highest BCUT2D eigenvalue weighted by Gasteiger charge is 2.54. The largest absolute Gasteiger partial charge is 0.341 e. The Bertz CT molecular complexity index is 247. The topological polar surface area (TPSA) is 20.3 Å². The summed E-state index contributed by atoms with van der Waals surface area (Å²) in [6.07, 6.45) is 1.09. The van der Waals surface area contributed by atoms with Crippen LogP contribution in [0.4, 0.5) is 0 Å². The lowest BCUT2D eigenvalue weighted by Crippen LogP contribution is -2.56. The maximum absolute atomic E-state index is 11.8. The monoisotopic (exact) mass is 181 g/mol. The van der Waals surface area contributed by atoms with Gasteiger partial charge in [0.1, 0.15) is 0 Å². The fraction of sp³-hybridized carbons (Fsp3) is 0.909. The minimum absolute atomic E-state index is 0.289. The number of carbonyl (C=O) groups is 1. The molecule has 2 fully saturated rings. The second kappa shape index (κ2) is 2.28. The van der Waals surface area contributed by atoms with Gasteiger partial charge in [0, 0.05) is 19.0 Å². The molecule has 2 nitrogen and oxygen atoms in total. The van der Waals surface area contributed by atoms with Gasteiger partial charge >= 0.3 is 0 Å². The molecule has 1 aliphatic heterocycles. The van der Waals surface area contributed by atoms with Crippen molar-refractivity contribution in [2.75, 3.05) is 13.1 Å². The Kier molecular flexibility index (Phi) is 1.59. The lowest BCUT2D eigenvalue weighted by Gasteiger charge is -2.46. The normalized spacial score (nSPS) is 33.8. The number of carbonyl (C=O) groups excluding carboxylic acids is 1. The van der Waals surface area contributed by atoms with Gasteiger partial charge in [0.05, 0.1) is 0 Å². The first-order valence-corrected chi connectivity index (χ1v) is 5.11. The van der Waals surface area contributed by atoms with Crippen LogP contribution in [0.3, 0.4) is 0 Å². The number of hydrogen-bond acceptors (Lipinski definition) is 1. The van der Waals surface area contributed by atoms with E-state index in [0.29, 0.717) is 17.2 Å². The minimum atomic E-state index is 0.289. The SMILES string of the molecule is CC1(C)CN(C(=O)[C@H]2CC2(C)C)C1. The molecule has 0 aromatic heterocycles. The molecule has 0 spiro atoms. The summed E-state index contributed by atoms with van der Waals surface area (Å²) in [4.78, 5) is 13.8. The van der Waals surface area contributed by atoms with Crippen molar-refractivity contribution < 1.29 is 4.79 Å². The molecule has 2 heteroatoms. The Balaban J connectivity index is 1.88. The summed E-state index contributed by atoms with van der Waals surface area (Å²) in [5.41, 5.74) is 0.658. The van der Waals surface area contributed by atoms with E-state index in [9.17, 15) is 4.79 Å². The van der Waals surface area contributed by atoms with Crippen LogP contribution in [0, 0.1) is 16.7 Å². The molecule has 0 radical (unpaired) electrons. The van der Waals surface area contributed by atoms with Crippen LogP contribution in [0.1, 0.15) is 34.1 Å². The molecule has 1 saturated carbocycles. The molecule has 1 aliphatic carbocycles. The maximum atomic E-state index is 11.8. The first-order valence-electron chi connectivity index (χ1n) is 5.11. The quantitative estimate of drug-likeness (QED) is 0.605. The van der Waals surface area contributed by atoms with E-state index in [1.807, 2.05) is 4.90 Å². The smallest absolute Gasteiger partial charge is 0.226 e. The van der Waals surface area contributed by atoms with Gasteiger partial charge in [-0.05, 0) is 17.3 Å². The number of rotatable bonds is 1. The molecule has 1 amide bonds. The molecule has 0 N–H and O–H groups in total. The van der Waals surface area contributed by atoms with Crippen molar-refractivity contribution in [1.82, 2.24) is 4.90 Å². The van der Waals surface area contributed by atoms with Gasteiger partial charge in [0.2, 0.25) is 5.91 Å². The van der Waals surface area contributed by atoms with Crippen molar-refractivity contribution in [3.05, 3.63) is 0 Å². The van der Waals surface area contributed by atoms with Crippen molar-refractivity contribution in [3.63, 3.8) is 0 Å². The van der Waals surface area contributed by atoms with Crippen LogP contribution in [0.5, 0.6) is 0 Å². The standard InChI is InChI=1S/C11H19NO/c1-10(2)6-12(7-10)9(13)8-5-11(8,3)4/h8H,5-7H2,1-4H3/t8-/m1/s1. The van der Waals surface area contributed by atoms with Crippen molar-refractivity contribution in [1.29, 1.82) is 0 Å². The number of nitrogens with zero attached hydrogens (tertiary/aromatic N) is 1. The number of likely N-dealkylation sites (tertiary alicyclic amines) is 1. The van der Waals surface area contributed by atoms with Crippen LogP contribution < -0.4 is 0 Å². The lowest BCUT2D eigenvalue weighted by atomic mass is 9.84. The summed E-state index contributed by atoms with van der Waals surface area (Å²) in [6, 6.07) is 0. The van der Waals surface area contributed by atoms with E-state index in [0.717, 1.165) is 19.5 Å². The Morgan fingerprint density at radius 1 is 1.23 bits per heavy atom. The van der Waals surface area contributed by atoms with Crippen LogP contribution in [-0.4, -0.2) is 23.9 Å². The van der Waals surface area contributed by atoms with E-state index in [-0.39, 0.29) is 5.41 Å². The molecule has 74 valence electrons. The van der Waals surface area contributed by atoms with E-state index in [2.05, 4.69) is 27.7 Å². The van der Waals surface area contributed by atoms with E-state index in [1.165, 1.54) is 0 Å². The molecule has 13 heavy (non-hydrogen) atoms. The average molecular weight is 181 g/mol. The van der Waals surface area contributed by atoms with Gasteiger partial charge in [-0.2, -0.15) is 0 Å². The summed E-state index contributed by atoms with van der Waals surface area (Å²) in [5.74, 6) is 0.716. The lowest BCUT2D eigenvalue weighted by molar-refractivity contribution is -0.143. The molecule has 0 unspecified atom stereocenters. The first-order chi connectivity index (χ1) is 5.82. The highest BCUT2D eigenvalue weighted by atomic mass is 16.2. The van der Waals surface area contributed by atoms with Gasteiger partial charge in [-0.1, -0.05) is 27.7 Å². The molecule has 0 aromatic carbocycles. The number of amides is 1. The third-order valence-corrected chi connectivity index (χ3v) is 3.36. The van der Waals surface area contributed by atoms with Crippen LogP contribution in [0.2, 0.25) is 0 Å². The highest BCUT2D eigenvalue weighted by molar-refractivity contribution is 5.83. The summed E-state index contributed by atoms with van der Waals surface area (Å²) in [5, 5.41) is 0. The van der Waals surface area contributed by atoms with Gasteiger partial charge < -0.3 is 4.90 Å². The predicted molar refractivity (Wildman–Crippen MR) is 52.2 cm³/mol. The van der Waals surface area contributed by atoms with Crippen molar-refractivity contribution in [2.24, 2.45) is 16.7 Å². The van der Waals surface area contributed by atoms with Gasteiger partial charge in [0.25, 0.3) is 0 Å². The molecule has 1 saturated heterocycles. The highest BCUT2D eigenvalue weighted by Crippen LogP contribution is 2.53. The fourth-order valence-electron chi connectivity index (χ4n) is 2.25. The Morgan fingerprint density at radius 2 is 1.69 bits per heavy atom. The summed E-state index contributed by atoms with van der Waals surface area (Å²) >= 11 is 0. The molecule has 2 aliphatic rings. The first kappa shape index (κ1) is 9.04. The zero-order valence-corrected chi connectivity index (χ0v) is 9.05. The van der Waals surface area contributed by atoms with E-state index >= 15 is 0 Å². The molecular formula is C11H19NO. The van der Waals surface area contributed by atoms with Crippen LogP contribution in [-0.2, 0) is 4.79 Å². The molecular weight excluding hydrogens is 162 g/mol. The van der Waals surface area contributed by atoms with Gasteiger partial charge in [-0.15, -0.1) is 0 Å². The fourth-order valence-corrected chi connectivity index (χ4v) is 2.25. The van der Waals surface area contributed by atoms with Gasteiger partial charge in [-0.25, -0.2) is 0 Å². The Morgan fingerprint density at radius 3 is 2.00 bits per heavy atom. The second-order valence-electron chi connectivity index (χ2n) is 6.10. The van der Waals surface area contributed by atoms with Crippen molar-refractivity contribution in [3.8, 4) is 0 Å². The van der Waals surface area contributed by atoms with Crippen LogP contribution >= 0.6 is 0 Å². The van der Waals surface area contributed by atoms with Crippen molar-refractivity contribution >= 4 is 5.91 Å². The second-order valence-corrected chi connectivity index (χ2v) is 6.10. The predicted octanol–water partition coefficient (Wildman–Crippen LogP) is 1.90. The maximum Gasteiger partial charge on any atom is 0.226 e. The zero-order chi connectivity index (χ0) is 9.85. The van der Waals surface area contributed by atoms with E-state index in [1.54, 1.807) is 0 Å². The molecule has 2 rings (SSSR count). The molecule has 0 aromatic rings. The Hall–Kier alpha value is -0.530. The minimum Gasteiger partial charge on any atom is -0.341 e. The summed E-state index contributed by atoms with van der Waals surface area (Å²) in [7, 11) is 0. The number of hydrogen-bond donors (Lipinski definition) is 0. The van der Waals surface area contributed by atoms with E-state index < -0.39 is 0 Å². The molecule has 1 atom stereocenters. The zero-order valence-electron chi connectivity index (χ0n) is 9.05. The average Bonchev–Trinajstić information content (AvgIpc) is 2.53. The van der Waals surface area contributed by atoms with Crippen molar-refractivity contribution in [2.45, 2.75) is 34.1 Å². The third-order valence-electron chi connectivity index (χ3n) is 3.36. The van der Waals surface area contributed by atoms with Crippen LogP contribution in [0.15, 0.2) is 0 Å². The van der Waals surface area contributed by atoms with Gasteiger partial charge in [-0.3, -0.25) is 4.79 Å². The Labute approximate surface area is 80.3 Å². The van der Waals surface area contributed by atoms with Gasteiger partial charge in [0.15, 0.2) is 0 Å². The molecule has 0 bridgehead atoms. The molecule has 1 heterocycles. The summed E-state index contributed by atoms with van der Waals surface area (Å²) < 4.78 is 0. The van der Waals surface area contributed by atoms with Crippen LogP contribution in [0.25, 0.3) is 0 Å². The summed E-state index contributed by atoms with van der Waals surface area (Å²) in [6.45, 7) is 10.7. The third kappa shape index (κ3) is 1.47. The van der Waals surface area contributed by atoms with E-state index in [4.69, 9.17) is 0 Å².